The number of hydrogen-bond acceptors (Lipinski definition) is 9. The van der Waals surface area contributed by atoms with Crippen LogP contribution in [0.25, 0.3) is 0 Å². The van der Waals surface area contributed by atoms with Crippen molar-refractivity contribution in [3.05, 3.63) is 0 Å². The number of hydrogen-bond donors (Lipinski definition) is 0. The molecule has 5 atom stereocenters. The van der Waals surface area contributed by atoms with Crippen LogP contribution in [0, 0.1) is 0 Å². The zero-order chi connectivity index (χ0) is 18.4. The molecule has 0 N–H and O–H groups in total. The molecule has 0 amide bonds. The zero-order valence-electron chi connectivity index (χ0n) is 14.3. The average Bonchev–Trinajstić information content (AvgIpc) is 2.42. The largest absolute Gasteiger partial charge is 0.463 e. The van der Waals surface area contributed by atoms with Gasteiger partial charge < -0.3 is 23.7 Å². The maximum absolute atomic E-state index is 11.4. The summed E-state index contributed by atoms with van der Waals surface area (Å²) in [5, 5.41) is 0. The van der Waals surface area contributed by atoms with Gasteiger partial charge in [0.15, 0.2) is 18.3 Å². The van der Waals surface area contributed by atoms with E-state index in [0.29, 0.717) is 0 Å². The molecular formula is C15H22O9. The van der Waals surface area contributed by atoms with Crippen molar-refractivity contribution in [2.45, 2.75) is 65.1 Å². The second-order valence-electron chi connectivity index (χ2n) is 5.40. The molecule has 136 valence electrons. The molecule has 0 bridgehead atoms. The van der Waals surface area contributed by atoms with E-state index in [-0.39, 0.29) is 6.61 Å². The number of ether oxygens (including phenoxy) is 5. The van der Waals surface area contributed by atoms with E-state index in [1.165, 1.54) is 27.7 Å². The van der Waals surface area contributed by atoms with Crippen molar-refractivity contribution in [3.8, 4) is 0 Å². The first-order valence-corrected chi connectivity index (χ1v) is 7.42. The molecule has 1 fully saturated rings. The zero-order valence-corrected chi connectivity index (χ0v) is 14.3. The number of carbonyl (C=O) groups is 4. The van der Waals surface area contributed by atoms with Crippen molar-refractivity contribution >= 4 is 23.9 Å². The van der Waals surface area contributed by atoms with E-state index in [1.807, 2.05) is 0 Å². The monoisotopic (exact) mass is 346 g/mol. The van der Waals surface area contributed by atoms with Crippen molar-refractivity contribution in [2.75, 3.05) is 6.61 Å². The van der Waals surface area contributed by atoms with Crippen LogP contribution in [0.3, 0.4) is 0 Å². The minimum atomic E-state index is -1.09. The van der Waals surface area contributed by atoms with E-state index in [2.05, 4.69) is 0 Å². The van der Waals surface area contributed by atoms with Gasteiger partial charge in [0.2, 0.25) is 0 Å². The Balaban J connectivity index is 3.11. The smallest absolute Gasteiger partial charge is 0.303 e. The van der Waals surface area contributed by atoms with Crippen LogP contribution in [-0.4, -0.2) is 61.0 Å². The van der Waals surface area contributed by atoms with Gasteiger partial charge in [-0.2, -0.15) is 0 Å². The maximum Gasteiger partial charge on any atom is 0.303 e. The fourth-order valence-corrected chi connectivity index (χ4v) is 2.44. The Kier molecular flexibility index (Phi) is 7.15. The summed E-state index contributed by atoms with van der Waals surface area (Å²) < 4.78 is 26.1. The quantitative estimate of drug-likeness (QED) is 0.506. The lowest BCUT2D eigenvalue weighted by atomic mass is 9.95. The van der Waals surface area contributed by atoms with E-state index >= 15 is 0 Å². The summed E-state index contributed by atoms with van der Waals surface area (Å²) in [6.07, 6.45) is -4.69. The Hall–Kier alpha value is -2.16. The fraction of sp³-hybridized carbons (Fsp3) is 0.733. The highest BCUT2D eigenvalue weighted by molar-refractivity contribution is 5.68. The van der Waals surface area contributed by atoms with Crippen molar-refractivity contribution in [1.29, 1.82) is 0 Å². The van der Waals surface area contributed by atoms with E-state index in [0.717, 1.165) is 0 Å². The summed E-state index contributed by atoms with van der Waals surface area (Å²) >= 11 is 0. The van der Waals surface area contributed by atoms with Crippen LogP contribution in [0.5, 0.6) is 0 Å². The minimum absolute atomic E-state index is 0.206. The molecule has 0 aromatic rings. The molecule has 9 heteroatoms. The van der Waals surface area contributed by atoms with Gasteiger partial charge in [0.25, 0.3) is 0 Å². The van der Waals surface area contributed by atoms with Crippen LogP contribution < -0.4 is 0 Å². The van der Waals surface area contributed by atoms with Crippen molar-refractivity contribution in [1.82, 2.24) is 0 Å². The van der Waals surface area contributed by atoms with Crippen LogP contribution >= 0.6 is 0 Å². The van der Waals surface area contributed by atoms with Crippen LogP contribution in [0.1, 0.15) is 34.6 Å². The molecule has 9 nitrogen and oxygen atoms in total. The topological polar surface area (TPSA) is 114 Å². The molecule has 0 radical (unpaired) electrons. The summed E-state index contributed by atoms with van der Waals surface area (Å²) in [4.78, 5) is 45.2. The third-order valence-electron chi connectivity index (χ3n) is 3.22. The highest BCUT2D eigenvalue weighted by Gasteiger charge is 2.50. The molecule has 0 aromatic heterocycles. The lowest BCUT2D eigenvalue weighted by Gasteiger charge is -2.43. The van der Waals surface area contributed by atoms with Crippen molar-refractivity contribution in [3.63, 3.8) is 0 Å². The molecule has 0 spiro atoms. The molecule has 1 unspecified atom stereocenters. The van der Waals surface area contributed by atoms with Crippen LogP contribution in [0.2, 0.25) is 0 Å². The van der Waals surface area contributed by atoms with Gasteiger partial charge in [-0.1, -0.05) is 0 Å². The van der Waals surface area contributed by atoms with Crippen LogP contribution in [0.4, 0.5) is 0 Å². The molecule has 1 aliphatic rings. The summed E-state index contributed by atoms with van der Waals surface area (Å²) in [7, 11) is 0. The second-order valence-corrected chi connectivity index (χ2v) is 5.40. The lowest BCUT2D eigenvalue weighted by Crippen LogP contribution is -2.61. The molecule has 1 aliphatic heterocycles. The molecule has 1 saturated heterocycles. The van der Waals surface area contributed by atoms with Gasteiger partial charge in [0.1, 0.15) is 12.7 Å². The van der Waals surface area contributed by atoms with Gasteiger partial charge in [-0.3, -0.25) is 19.2 Å². The van der Waals surface area contributed by atoms with Gasteiger partial charge in [-0.25, -0.2) is 0 Å². The molecule has 24 heavy (non-hydrogen) atoms. The first-order valence-electron chi connectivity index (χ1n) is 7.42. The van der Waals surface area contributed by atoms with Gasteiger partial charge in [-0.15, -0.1) is 0 Å². The molecule has 1 rings (SSSR count). The molecule has 0 aromatic carbocycles. The number of rotatable bonds is 5. The third-order valence-corrected chi connectivity index (χ3v) is 3.22. The highest BCUT2D eigenvalue weighted by Crippen LogP contribution is 2.28. The molecule has 1 heterocycles. The molecular weight excluding hydrogens is 324 g/mol. The third kappa shape index (κ3) is 5.80. The van der Waals surface area contributed by atoms with E-state index < -0.39 is 54.4 Å². The van der Waals surface area contributed by atoms with Crippen molar-refractivity contribution in [2.24, 2.45) is 0 Å². The SMILES string of the molecule is CC(=O)OC[C@H]1OC(C)[C@H](OC(C)=O)[C@@H](OC(C)=O)[C@@H]1OC(C)=O. The normalized spacial score (nSPS) is 29.3. The lowest BCUT2D eigenvalue weighted by molar-refractivity contribution is -0.249. The fourth-order valence-electron chi connectivity index (χ4n) is 2.44. The first-order chi connectivity index (χ1) is 11.1. The Morgan fingerprint density at radius 2 is 1.21 bits per heavy atom. The predicted octanol–water partition coefficient (Wildman–Crippen LogP) is 0.132. The van der Waals surface area contributed by atoms with E-state index in [9.17, 15) is 19.2 Å². The molecule has 0 saturated carbocycles. The highest BCUT2D eigenvalue weighted by atomic mass is 16.7. The summed E-state index contributed by atoms with van der Waals surface area (Å²) in [6.45, 7) is 6.17. The van der Waals surface area contributed by atoms with Crippen LogP contribution in [0.15, 0.2) is 0 Å². The van der Waals surface area contributed by atoms with Crippen LogP contribution in [-0.2, 0) is 42.9 Å². The first kappa shape index (κ1) is 19.9. The van der Waals surface area contributed by atoms with E-state index in [1.54, 1.807) is 6.92 Å². The Labute approximate surface area is 139 Å². The van der Waals surface area contributed by atoms with Gasteiger partial charge >= 0.3 is 23.9 Å². The number of carbonyl (C=O) groups excluding carboxylic acids is 4. The van der Waals surface area contributed by atoms with Gasteiger partial charge in [0.05, 0.1) is 6.10 Å². The van der Waals surface area contributed by atoms with Gasteiger partial charge in [-0.05, 0) is 6.92 Å². The van der Waals surface area contributed by atoms with Gasteiger partial charge in [0, 0.05) is 27.7 Å². The Bertz CT molecular complexity index is 501. The predicted molar refractivity (Wildman–Crippen MR) is 77.6 cm³/mol. The molecule has 0 aliphatic carbocycles. The standard InChI is InChI=1S/C15H22O9/c1-7-13(22-9(3)17)15(24-11(5)19)14(23-10(4)18)12(21-7)6-20-8(2)16/h7,12-15H,6H2,1-5H3/t7?,12-,13+,14-,15-/m1/s1. The minimum Gasteiger partial charge on any atom is -0.463 e. The summed E-state index contributed by atoms with van der Waals surface area (Å²) in [5.41, 5.74) is 0. The Morgan fingerprint density at radius 3 is 1.67 bits per heavy atom. The maximum atomic E-state index is 11.4. The average molecular weight is 346 g/mol. The Morgan fingerprint density at radius 1 is 0.750 bits per heavy atom. The van der Waals surface area contributed by atoms with E-state index in [4.69, 9.17) is 23.7 Å². The van der Waals surface area contributed by atoms with Crippen molar-refractivity contribution < 1.29 is 42.9 Å². The number of esters is 4. The second kappa shape index (κ2) is 8.62. The summed E-state index contributed by atoms with van der Waals surface area (Å²) in [5.74, 6) is -2.44. The summed E-state index contributed by atoms with van der Waals surface area (Å²) in [6, 6.07) is 0.